The number of halogens is 3. The fraction of sp³-hybridized carbons (Fsp3) is 0.286. The summed E-state index contributed by atoms with van der Waals surface area (Å²) in [6.07, 6.45) is 0. The van der Waals surface area contributed by atoms with Crippen molar-refractivity contribution in [2.75, 3.05) is 13.2 Å². The molecule has 0 fully saturated rings. The van der Waals surface area contributed by atoms with Gasteiger partial charge in [0, 0.05) is 10.6 Å². The van der Waals surface area contributed by atoms with Gasteiger partial charge in [-0.1, -0.05) is 40.9 Å². The normalized spacial score (nSPS) is 9.95. The van der Waals surface area contributed by atoms with Crippen LogP contribution in [0.3, 0.4) is 0 Å². The summed E-state index contributed by atoms with van der Waals surface area (Å²) in [5, 5.41) is 0.467. The summed E-state index contributed by atoms with van der Waals surface area (Å²) in [5.74, 6) is -1.74. The van der Waals surface area contributed by atoms with Gasteiger partial charge in [0.15, 0.2) is 5.57 Å². The number of ether oxygens (including phenoxy) is 2. The number of esters is 2. The van der Waals surface area contributed by atoms with E-state index in [0.717, 1.165) is 0 Å². The fourth-order valence-corrected chi connectivity index (χ4v) is 2.34. The smallest absolute Gasteiger partial charge is 0.347 e. The van der Waals surface area contributed by atoms with Crippen LogP contribution in [0.1, 0.15) is 19.4 Å². The Kier molecular flexibility index (Phi) is 7.02. The number of rotatable bonds is 5. The first-order valence-corrected chi connectivity index (χ1v) is 7.25. The summed E-state index contributed by atoms with van der Waals surface area (Å²) in [6.45, 7) is 3.42. The van der Waals surface area contributed by atoms with E-state index in [0.29, 0.717) is 10.6 Å². The maximum atomic E-state index is 11.9. The van der Waals surface area contributed by atoms with E-state index in [1.165, 1.54) is 12.1 Å². The van der Waals surface area contributed by atoms with Gasteiger partial charge in [0.05, 0.1) is 23.3 Å². The molecule has 0 radical (unpaired) electrons. The first kappa shape index (κ1) is 17.8. The van der Waals surface area contributed by atoms with Gasteiger partial charge in [0.2, 0.25) is 0 Å². The van der Waals surface area contributed by atoms with Crippen molar-refractivity contribution in [2.24, 2.45) is 0 Å². The zero-order valence-corrected chi connectivity index (χ0v) is 13.7. The van der Waals surface area contributed by atoms with Gasteiger partial charge in [-0.2, -0.15) is 0 Å². The van der Waals surface area contributed by atoms with Crippen molar-refractivity contribution < 1.29 is 19.1 Å². The third-order valence-corrected chi connectivity index (χ3v) is 3.29. The summed E-state index contributed by atoms with van der Waals surface area (Å²) in [6, 6.07) is 4.50. The fourth-order valence-electron chi connectivity index (χ4n) is 1.47. The Balaban J connectivity index is 3.37. The molecule has 0 atom stereocenters. The molecule has 21 heavy (non-hydrogen) atoms. The predicted molar refractivity (Wildman–Crippen MR) is 82.5 cm³/mol. The molecule has 0 amide bonds. The number of benzene rings is 1. The van der Waals surface area contributed by atoms with Crippen molar-refractivity contribution in [2.45, 2.75) is 13.8 Å². The topological polar surface area (TPSA) is 52.6 Å². The first-order chi connectivity index (χ1) is 9.92. The molecule has 0 bridgehead atoms. The minimum absolute atomic E-state index is 0.0975. The predicted octanol–water partition coefficient (Wildman–Crippen LogP) is 4.07. The SMILES string of the molecule is CCOC(=O)C(C(=O)OCC)=C(Cl)c1ccc(Cl)cc1Cl. The van der Waals surface area contributed by atoms with E-state index in [4.69, 9.17) is 44.3 Å². The van der Waals surface area contributed by atoms with E-state index in [1.807, 2.05) is 0 Å². The summed E-state index contributed by atoms with van der Waals surface area (Å²) in [5.41, 5.74) is -0.108. The molecule has 1 aromatic rings. The maximum absolute atomic E-state index is 11.9. The van der Waals surface area contributed by atoms with Gasteiger partial charge in [-0.3, -0.25) is 0 Å². The number of hydrogen-bond acceptors (Lipinski definition) is 4. The third kappa shape index (κ3) is 4.63. The maximum Gasteiger partial charge on any atom is 0.347 e. The summed E-state index contributed by atoms with van der Waals surface area (Å²) in [4.78, 5) is 23.8. The molecular formula is C14H13Cl3O4. The van der Waals surface area contributed by atoms with Gasteiger partial charge in [0.1, 0.15) is 0 Å². The molecule has 4 nitrogen and oxygen atoms in total. The highest BCUT2D eigenvalue weighted by Gasteiger charge is 2.27. The lowest BCUT2D eigenvalue weighted by atomic mass is 10.1. The molecule has 7 heteroatoms. The van der Waals surface area contributed by atoms with E-state index < -0.39 is 17.5 Å². The van der Waals surface area contributed by atoms with Crippen LogP contribution in [0.15, 0.2) is 23.8 Å². The van der Waals surface area contributed by atoms with Crippen LogP contribution in [0.25, 0.3) is 5.03 Å². The second kappa shape index (κ2) is 8.27. The average molecular weight is 352 g/mol. The number of carbonyl (C=O) groups is 2. The van der Waals surface area contributed by atoms with Gasteiger partial charge < -0.3 is 9.47 Å². The van der Waals surface area contributed by atoms with Crippen molar-refractivity contribution in [3.63, 3.8) is 0 Å². The largest absolute Gasteiger partial charge is 0.462 e. The Labute approximate surface area is 137 Å². The Morgan fingerprint density at radius 2 is 1.57 bits per heavy atom. The average Bonchev–Trinajstić information content (AvgIpc) is 2.39. The highest BCUT2D eigenvalue weighted by Crippen LogP contribution is 2.32. The van der Waals surface area contributed by atoms with Gasteiger partial charge >= 0.3 is 11.9 Å². The van der Waals surface area contributed by atoms with E-state index >= 15 is 0 Å². The molecule has 0 heterocycles. The number of hydrogen-bond donors (Lipinski definition) is 0. The monoisotopic (exact) mass is 350 g/mol. The first-order valence-electron chi connectivity index (χ1n) is 6.11. The second-order valence-corrected chi connectivity index (χ2v) is 4.98. The van der Waals surface area contributed by atoms with Crippen LogP contribution in [0, 0.1) is 0 Å². The Morgan fingerprint density at radius 1 is 1.05 bits per heavy atom. The lowest BCUT2D eigenvalue weighted by Crippen LogP contribution is -2.19. The quantitative estimate of drug-likeness (QED) is 0.347. The number of carbonyl (C=O) groups excluding carboxylic acids is 2. The minimum Gasteiger partial charge on any atom is -0.462 e. The molecule has 0 spiro atoms. The van der Waals surface area contributed by atoms with Gasteiger partial charge in [-0.15, -0.1) is 0 Å². The van der Waals surface area contributed by atoms with Crippen LogP contribution in [0.5, 0.6) is 0 Å². The molecule has 0 saturated carbocycles. The molecule has 0 aromatic heterocycles. The summed E-state index contributed by atoms with van der Waals surface area (Å²) in [7, 11) is 0. The third-order valence-electron chi connectivity index (χ3n) is 2.35. The van der Waals surface area contributed by atoms with E-state index in [9.17, 15) is 9.59 Å². The minimum atomic E-state index is -0.869. The molecule has 1 rings (SSSR count). The van der Waals surface area contributed by atoms with Crippen LogP contribution in [-0.4, -0.2) is 25.2 Å². The van der Waals surface area contributed by atoms with Gasteiger partial charge in [-0.25, -0.2) is 9.59 Å². The molecular weight excluding hydrogens is 339 g/mol. The molecule has 1 aromatic carbocycles. The van der Waals surface area contributed by atoms with Crippen LogP contribution < -0.4 is 0 Å². The molecule has 0 aliphatic carbocycles. The zero-order valence-electron chi connectivity index (χ0n) is 11.4. The van der Waals surface area contributed by atoms with Crippen LogP contribution in [-0.2, 0) is 19.1 Å². The standard InChI is InChI=1S/C14H13Cl3O4/c1-3-20-13(18)11(14(19)21-4-2)12(17)9-6-5-8(15)7-10(9)16/h5-7H,3-4H2,1-2H3. The molecule has 0 aliphatic heterocycles. The second-order valence-electron chi connectivity index (χ2n) is 3.75. The Morgan fingerprint density at radius 3 is 2.00 bits per heavy atom. The van der Waals surface area contributed by atoms with Crippen LogP contribution >= 0.6 is 34.8 Å². The van der Waals surface area contributed by atoms with Gasteiger partial charge in [0.25, 0.3) is 0 Å². The molecule has 0 N–H and O–H groups in total. The van der Waals surface area contributed by atoms with Crippen LogP contribution in [0.2, 0.25) is 10.0 Å². The highest BCUT2D eigenvalue weighted by molar-refractivity contribution is 6.55. The summed E-state index contributed by atoms with van der Waals surface area (Å²) >= 11 is 18.0. The highest BCUT2D eigenvalue weighted by atomic mass is 35.5. The molecule has 0 unspecified atom stereocenters. The molecule has 114 valence electrons. The van der Waals surface area contributed by atoms with E-state index in [1.54, 1.807) is 19.9 Å². The lowest BCUT2D eigenvalue weighted by molar-refractivity contribution is -0.146. The molecule has 0 aliphatic rings. The summed E-state index contributed by atoms with van der Waals surface area (Å²) < 4.78 is 9.65. The van der Waals surface area contributed by atoms with E-state index in [-0.39, 0.29) is 23.3 Å². The van der Waals surface area contributed by atoms with Crippen LogP contribution in [0.4, 0.5) is 0 Å². The molecule has 0 saturated heterocycles. The van der Waals surface area contributed by atoms with E-state index in [2.05, 4.69) is 0 Å². The van der Waals surface area contributed by atoms with Crippen molar-refractivity contribution in [1.29, 1.82) is 0 Å². The van der Waals surface area contributed by atoms with Gasteiger partial charge in [-0.05, 0) is 26.0 Å². The Bertz CT molecular complexity index is 562. The zero-order chi connectivity index (χ0) is 16.0. The van der Waals surface area contributed by atoms with Crippen molar-refractivity contribution in [1.82, 2.24) is 0 Å². The Hall–Kier alpha value is -1.23. The van der Waals surface area contributed by atoms with Crippen molar-refractivity contribution in [3.8, 4) is 0 Å². The lowest BCUT2D eigenvalue weighted by Gasteiger charge is -2.10. The van der Waals surface area contributed by atoms with Crippen molar-refractivity contribution >= 4 is 51.8 Å². The van der Waals surface area contributed by atoms with Crippen molar-refractivity contribution in [3.05, 3.63) is 39.4 Å².